The molecule has 0 spiro atoms. The van der Waals surface area contributed by atoms with Crippen molar-refractivity contribution in [3.63, 3.8) is 0 Å². The van der Waals surface area contributed by atoms with E-state index in [1.54, 1.807) is 10.9 Å². The summed E-state index contributed by atoms with van der Waals surface area (Å²) >= 11 is 3.39. The molecule has 2 aromatic rings. The van der Waals surface area contributed by atoms with Crippen LogP contribution in [0.25, 0.3) is 0 Å². The van der Waals surface area contributed by atoms with Crippen molar-refractivity contribution >= 4 is 27.5 Å². The average molecular weight is 308 g/mol. The summed E-state index contributed by atoms with van der Waals surface area (Å²) in [5.74, 6) is -0.137. The van der Waals surface area contributed by atoms with Gasteiger partial charge in [0.15, 0.2) is 0 Å². The molecule has 0 unspecified atom stereocenters. The fraction of sp³-hybridized carbons (Fsp3) is 0.231. The summed E-state index contributed by atoms with van der Waals surface area (Å²) in [6.07, 6.45) is 1.79. The Hall–Kier alpha value is -1.62. The minimum Gasteiger partial charge on any atom is -0.319 e. The maximum atomic E-state index is 12.2. The van der Waals surface area contributed by atoms with Crippen molar-refractivity contribution in [1.29, 1.82) is 0 Å². The molecule has 5 heteroatoms. The molecule has 0 bridgehead atoms. The number of nitrogens with one attached hydrogen (secondary N) is 1. The Labute approximate surface area is 114 Å². The van der Waals surface area contributed by atoms with Crippen LogP contribution in [0.4, 0.5) is 5.69 Å². The van der Waals surface area contributed by atoms with E-state index in [1.807, 2.05) is 39.1 Å². The van der Waals surface area contributed by atoms with Gasteiger partial charge in [0.1, 0.15) is 0 Å². The number of hydrogen-bond acceptors (Lipinski definition) is 2. The van der Waals surface area contributed by atoms with Gasteiger partial charge in [-0.15, -0.1) is 0 Å². The second kappa shape index (κ2) is 4.94. The first-order valence-electron chi connectivity index (χ1n) is 5.55. The van der Waals surface area contributed by atoms with Gasteiger partial charge in [-0.05, 0) is 41.9 Å². The Morgan fingerprint density at radius 1 is 1.39 bits per heavy atom. The highest BCUT2D eigenvalue weighted by Gasteiger charge is 2.12. The molecule has 2 rings (SSSR count). The summed E-state index contributed by atoms with van der Waals surface area (Å²) in [5.41, 5.74) is 3.20. The van der Waals surface area contributed by atoms with Crippen molar-refractivity contribution in [3.05, 3.63) is 45.7 Å². The largest absolute Gasteiger partial charge is 0.319 e. The third kappa shape index (κ3) is 2.61. The average Bonchev–Trinajstić information content (AvgIpc) is 2.61. The fourth-order valence-electron chi connectivity index (χ4n) is 1.73. The molecule has 94 valence electrons. The molecule has 4 nitrogen and oxygen atoms in total. The van der Waals surface area contributed by atoms with Crippen LogP contribution in [0.3, 0.4) is 0 Å². The highest BCUT2D eigenvalue weighted by Crippen LogP contribution is 2.20. The van der Waals surface area contributed by atoms with Gasteiger partial charge >= 0.3 is 0 Å². The number of aromatic nitrogens is 2. The molecule has 1 aromatic heterocycles. The third-order valence-electron chi connectivity index (χ3n) is 2.63. The molecule has 18 heavy (non-hydrogen) atoms. The first kappa shape index (κ1) is 12.8. The van der Waals surface area contributed by atoms with Gasteiger partial charge in [0, 0.05) is 17.7 Å². The topological polar surface area (TPSA) is 46.9 Å². The molecule has 0 saturated heterocycles. The van der Waals surface area contributed by atoms with Gasteiger partial charge in [0.25, 0.3) is 5.91 Å². The number of carbonyl (C=O) groups excluding carboxylic acids is 1. The van der Waals surface area contributed by atoms with Crippen LogP contribution in [0.15, 0.2) is 28.9 Å². The number of rotatable bonds is 2. The van der Waals surface area contributed by atoms with E-state index < -0.39 is 0 Å². The molecule has 1 heterocycles. The van der Waals surface area contributed by atoms with Crippen LogP contribution in [0, 0.1) is 13.8 Å². The number of anilines is 1. The van der Waals surface area contributed by atoms with E-state index in [-0.39, 0.29) is 5.91 Å². The van der Waals surface area contributed by atoms with Gasteiger partial charge in [-0.1, -0.05) is 11.6 Å². The fourth-order valence-corrected chi connectivity index (χ4v) is 2.15. The first-order valence-corrected chi connectivity index (χ1v) is 6.34. The van der Waals surface area contributed by atoms with Crippen molar-refractivity contribution in [2.75, 3.05) is 5.32 Å². The zero-order valence-corrected chi connectivity index (χ0v) is 12.1. The molecule has 1 aromatic carbocycles. The van der Waals surface area contributed by atoms with E-state index in [0.717, 1.165) is 21.4 Å². The van der Waals surface area contributed by atoms with Crippen molar-refractivity contribution in [2.24, 2.45) is 7.05 Å². The molecule has 1 amide bonds. The summed E-state index contributed by atoms with van der Waals surface area (Å²) in [4.78, 5) is 12.2. The smallest absolute Gasteiger partial charge is 0.256 e. The van der Waals surface area contributed by atoms with E-state index in [4.69, 9.17) is 0 Å². The maximum Gasteiger partial charge on any atom is 0.256 e. The lowest BCUT2D eigenvalue weighted by molar-refractivity contribution is 0.102. The Morgan fingerprint density at radius 2 is 2.11 bits per heavy atom. The number of halogens is 1. The number of benzene rings is 1. The van der Waals surface area contributed by atoms with Gasteiger partial charge in [0.05, 0.1) is 16.9 Å². The highest BCUT2D eigenvalue weighted by atomic mass is 79.9. The Balaban J connectivity index is 2.27. The summed E-state index contributed by atoms with van der Waals surface area (Å²) in [6.45, 7) is 3.82. The van der Waals surface area contributed by atoms with Crippen molar-refractivity contribution in [3.8, 4) is 0 Å². The van der Waals surface area contributed by atoms with Crippen molar-refractivity contribution < 1.29 is 4.79 Å². The summed E-state index contributed by atoms with van der Waals surface area (Å²) in [6, 6.07) is 5.68. The standard InChI is InChI=1S/C13H14BrN3O/c1-8-4-5-11(14)10(6-8)13(18)15-12-7-17(3)16-9(12)2/h4-7H,1-3H3,(H,15,18). The Morgan fingerprint density at radius 3 is 2.72 bits per heavy atom. The quantitative estimate of drug-likeness (QED) is 0.927. The van der Waals surface area contributed by atoms with E-state index in [2.05, 4.69) is 26.3 Å². The molecule has 0 saturated carbocycles. The van der Waals surface area contributed by atoms with Gasteiger partial charge < -0.3 is 5.32 Å². The van der Waals surface area contributed by atoms with Crippen LogP contribution in [0.5, 0.6) is 0 Å². The Kier molecular flexibility index (Phi) is 3.52. The van der Waals surface area contributed by atoms with Gasteiger partial charge in [-0.2, -0.15) is 5.10 Å². The lowest BCUT2D eigenvalue weighted by Gasteiger charge is -2.06. The zero-order valence-electron chi connectivity index (χ0n) is 10.5. The minimum atomic E-state index is -0.137. The van der Waals surface area contributed by atoms with Crippen LogP contribution in [0.2, 0.25) is 0 Å². The van der Waals surface area contributed by atoms with Crippen molar-refractivity contribution in [2.45, 2.75) is 13.8 Å². The highest BCUT2D eigenvalue weighted by molar-refractivity contribution is 9.10. The summed E-state index contributed by atoms with van der Waals surface area (Å²) in [7, 11) is 1.82. The number of nitrogens with zero attached hydrogens (tertiary/aromatic N) is 2. The number of amides is 1. The van der Waals surface area contributed by atoms with Crippen LogP contribution >= 0.6 is 15.9 Å². The predicted molar refractivity (Wildman–Crippen MR) is 74.8 cm³/mol. The van der Waals surface area contributed by atoms with Gasteiger partial charge in [-0.3, -0.25) is 9.48 Å². The van der Waals surface area contributed by atoms with E-state index in [0.29, 0.717) is 5.56 Å². The monoisotopic (exact) mass is 307 g/mol. The molecule has 0 aliphatic heterocycles. The second-order valence-electron chi connectivity index (χ2n) is 4.24. The van der Waals surface area contributed by atoms with Crippen molar-refractivity contribution in [1.82, 2.24) is 9.78 Å². The number of aryl methyl sites for hydroxylation is 3. The summed E-state index contributed by atoms with van der Waals surface area (Å²) < 4.78 is 2.46. The lowest BCUT2D eigenvalue weighted by atomic mass is 10.1. The molecule has 0 radical (unpaired) electrons. The molecule has 0 fully saturated rings. The zero-order chi connectivity index (χ0) is 13.3. The normalized spacial score (nSPS) is 10.4. The third-order valence-corrected chi connectivity index (χ3v) is 3.32. The first-order chi connectivity index (χ1) is 8.47. The maximum absolute atomic E-state index is 12.2. The predicted octanol–water partition coefficient (Wildman–Crippen LogP) is 3.05. The van der Waals surface area contributed by atoms with Crippen LogP contribution in [-0.2, 0) is 7.05 Å². The van der Waals surface area contributed by atoms with E-state index >= 15 is 0 Å². The Bertz CT molecular complexity index is 604. The molecule has 0 aliphatic carbocycles. The number of hydrogen-bond donors (Lipinski definition) is 1. The molecule has 1 N–H and O–H groups in total. The molecular weight excluding hydrogens is 294 g/mol. The molecule has 0 atom stereocenters. The molecule has 0 aliphatic rings. The van der Waals surface area contributed by atoms with Crippen LogP contribution in [0.1, 0.15) is 21.6 Å². The number of carbonyl (C=O) groups is 1. The van der Waals surface area contributed by atoms with E-state index in [9.17, 15) is 4.79 Å². The van der Waals surface area contributed by atoms with Crippen LogP contribution < -0.4 is 5.32 Å². The minimum absolute atomic E-state index is 0.137. The lowest BCUT2D eigenvalue weighted by Crippen LogP contribution is -2.13. The second-order valence-corrected chi connectivity index (χ2v) is 5.09. The SMILES string of the molecule is Cc1ccc(Br)c(C(=O)Nc2cn(C)nc2C)c1. The van der Waals surface area contributed by atoms with Gasteiger partial charge in [0.2, 0.25) is 0 Å². The summed E-state index contributed by atoms with van der Waals surface area (Å²) in [5, 5.41) is 7.05. The molecular formula is C13H14BrN3O. The van der Waals surface area contributed by atoms with Crippen LogP contribution in [-0.4, -0.2) is 15.7 Å². The van der Waals surface area contributed by atoms with Gasteiger partial charge in [-0.25, -0.2) is 0 Å². The van der Waals surface area contributed by atoms with E-state index in [1.165, 1.54) is 0 Å².